The predicted octanol–water partition coefficient (Wildman–Crippen LogP) is 3.77. The monoisotopic (exact) mass is 363 g/mol. The third kappa shape index (κ3) is 12.8. The van der Waals surface area contributed by atoms with E-state index in [4.69, 9.17) is 15.5 Å². The average molecular weight is 363 g/mol. The van der Waals surface area contributed by atoms with Crippen molar-refractivity contribution in [3.8, 4) is 0 Å². The lowest BCUT2D eigenvalue weighted by molar-refractivity contribution is 0.351. The summed E-state index contributed by atoms with van der Waals surface area (Å²) in [5, 5.41) is 2.86. The van der Waals surface area contributed by atoms with Gasteiger partial charge in [0, 0.05) is 12.6 Å². The smallest absolute Gasteiger partial charge is 0.330 e. The van der Waals surface area contributed by atoms with E-state index in [0.717, 1.165) is 12.8 Å². The van der Waals surface area contributed by atoms with Gasteiger partial charge >= 0.3 is 7.60 Å². The zero-order chi connectivity index (χ0) is 18.4. The van der Waals surface area contributed by atoms with Crippen LogP contribution in [-0.2, 0) is 4.57 Å². The van der Waals surface area contributed by atoms with E-state index in [0.29, 0.717) is 6.54 Å². The number of nitrogens with one attached hydrogen (secondary N) is 1. The Hall–Kier alpha value is -0.580. The molecule has 0 aromatic heterocycles. The number of nitrogens with two attached hydrogens (primary N) is 1. The van der Waals surface area contributed by atoms with Gasteiger partial charge < -0.3 is 20.8 Å². The van der Waals surface area contributed by atoms with E-state index in [2.05, 4.69) is 17.2 Å². The average Bonchev–Trinajstić information content (AvgIpc) is 2.50. The molecule has 0 saturated carbocycles. The summed E-state index contributed by atoms with van der Waals surface area (Å²) in [6, 6.07) is -0.415. The standard InChI is InChI=1S/C17H38N3O3P/c1-4-5-6-7-8-9-10-11-12-13-14-19-17(18)20-15(2)16(3)24(21,22)23/h15-16H,4-14H2,1-3H3,(H3,18,19,20)(H2,21,22,23). The van der Waals surface area contributed by atoms with Crippen molar-refractivity contribution in [2.24, 2.45) is 10.7 Å². The lowest BCUT2D eigenvalue weighted by Crippen LogP contribution is -2.43. The van der Waals surface area contributed by atoms with Crippen LogP contribution in [0.5, 0.6) is 0 Å². The number of hydrogen-bond donors (Lipinski definition) is 4. The van der Waals surface area contributed by atoms with Crippen LogP contribution >= 0.6 is 7.60 Å². The molecule has 0 aromatic carbocycles. The van der Waals surface area contributed by atoms with E-state index in [9.17, 15) is 4.57 Å². The maximum absolute atomic E-state index is 11.2. The van der Waals surface area contributed by atoms with Gasteiger partial charge in [-0.05, 0) is 20.3 Å². The molecule has 24 heavy (non-hydrogen) atoms. The zero-order valence-electron chi connectivity index (χ0n) is 15.7. The molecular formula is C17H38N3O3P. The van der Waals surface area contributed by atoms with Crippen molar-refractivity contribution in [3.05, 3.63) is 0 Å². The SMILES string of the molecule is CCCCCCCCCCCCN=C(N)NC(C)C(C)P(=O)(O)O. The van der Waals surface area contributed by atoms with Crippen molar-refractivity contribution in [2.45, 2.75) is 96.7 Å². The third-order valence-electron chi connectivity index (χ3n) is 4.42. The van der Waals surface area contributed by atoms with Gasteiger partial charge in [0.05, 0.1) is 5.66 Å². The van der Waals surface area contributed by atoms with Crippen LogP contribution in [0.15, 0.2) is 4.99 Å². The highest BCUT2D eigenvalue weighted by molar-refractivity contribution is 7.52. The Bertz CT molecular complexity index is 385. The van der Waals surface area contributed by atoms with Crippen molar-refractivity contribution in [2.75, 3.05) is 6.54 Å². The highest BCUT2D eigenvalue weighted by atomic mass is 31.2. The van der Waals surface area contributed by atoms with Gasteiger partial charge in [-0.1, -0.05) is 64.7 Å². The van der Waals surface area contributed by atoms with Crippen LogP contribution in [-0.4, -0.2) is 34.0 Å². The quantitative estimate of drug-likeness (QED) is 0.163. The molecule has 0 radical (unpaired) electrons. The molecule has 0 amide bonds. The van der Waals surface area contributed by atoms with Crippen LogP contribution in [0.3, 0.4) is 0 Å². The van der Waals surface area contributed by atoms with E-state index in [1.54, 1.807) is 6.92 Å². The molecule has 144 valence electrons. The maximum Gasteiger partial charge on any atom is 0.330 e. The first-order valence-electron chi connectivity index (χ1n) is 9.40. The molecule has 6 nitrogen and oxygen atoms in total. The summed E-state index contributed by atoms with van der Waals surface area (Å²) in [6.45, 7) is 6.11. The Labute approximate surface area is 147 Å². The summed E-state index contributed by atoms with van der Waals surface area (Å²) in [5.41, 5.74) is 4.97. The van der Waals surface area contributed by atoms with Crippen molar-refractivity contribution in [3.63, 3.8) is 0 Å². The Morgan fingerprint density at radius 3 is 1.92 bits per heavy atom. The van der Waals surface area contributed by atoms with Crippen molar-refractivity contribution in [1.29, 1.82) is 0 Å². The number of nitrogens with zero attached hydrogens (tertiary/aromatic N) is 1. The van der Waals surface area contributed by atoms with Crippen molar-refractivity contribution in [1.82, 2.24) is 5.32 Å². The Balaban J connectivity index is 3.64. The van der Waals surface area contributed by atoms with Crippen LogP contribution in [0, 0.1) is 0 Å². The summed E-state index contributed by atoms with van der Waals surface area (Å²) in [6.07, 6.45) is 12.8. The minimum absolute atomic E-state index is 0.263. The molecule has 2 unspecified atom stereocenters. The van der Waals surface area contributed by atoms with Crippen LogP contribution in [0.2, 0.25) is 0 Å². The molecule has 0 aliphatic carbocycles. The second kappa shape index (κ2) is 13.7. The molecule has 7 heteroatoms. The molecule has 2 atom stereocenters. The molecule has 0 aliphatic rings. The largest absolute Gasteiger partial charge is 0.370 e. The molecule has 0 fully saturated rings. The predicted molar refractivity (Wildman–Crippen MR) is 102 cm³/mol. The van der Waals surface area contributed by atoms with Crippen LogP contribution in [0.1, 0.15) is 85.0 Å². The maximum atomic E-state index is 11.2. The van der Waals surface area contributed by atoms with Crippen molar-refractivity contribution < 1.29 is 14.4 Å². The van der Waals surface area contributed by atoms with E-state index in [1.807, 2.05) is 0 Å². The summed E-state index contributed by atoms with van der Waals surface area (Å²) >= 11 is 0. The van der Waals surface area contributed by atoms with Crippen LogP contribution in [0.4, 0.5) is 0 Å². The fraction of sp³-hybridized carbons (Fsp3) is 0.941. The third-order valence-corrected chi connectivity index (χ3v) is 5.93. The number of aliphatic imine (C=N–C) groups is 1. The summed E-state index contributed by atoms with van der Waals surface area (Å²) in [5.74, 6) is 0.263. The fourth-order valence-electron chi connectivity index (χ4n) is 2.49. The van der Waals surface area contributed by atoms with Gasteiger partial charge in [0.2, 0.25) is 0 Å². The van der Waals surface area contributed by atoms with Gasteiger partial charge in [-0.25, -0.2) is 0 Å². The molecular weight excluding hydrogens is 325 g/mol. The molecule has 0 aliphatic heterocycles. The van der Waals surface area contributed by atoms with E-state index >= 15 is 0 Å². The number of guanidine groups is 1. The van der Waals surface area contributed by atoms with Gasteiger partial charge in [-0.15, -0.1) is 0 Å². The molecule has 0 aromatic rings. The molecule has 0 heterocycles. The second-order valence-electron chi connectivity index (χ2n) is 6.71. The first-order valence-corrected chi connectivity index (χ1v) is 11.1. The number of hydrogen-bond acceptors (Lipinski definition) is 2. The van der Waals surface area contributed by atoms with E-state index in [1.165, 1.54) is 58.3 Å². The summed E-state index contributed by atoms with van der Waals surface area (Å²) in [7, 11) is -4.10. The Kier molecular flexibility index (Phi) is 13.4. The van der Waals surface area contributed by atoms with E-state index in [-0.39, 0.29) is 5.96 Å². The van der Waals surface area contributed by atoms with Gasteiger partial charge in [-0.3, -0.25) is 9.56 Å². The number of unbranched alkanes of at least 4 members (excludes halogenated alkanes) is 9. The van der Waals surface area contributed by atoms with Crippen LogP contribution < -0.4 is 11.1 Å². The Morgan fingerprint density at radius 1 is 1.00 bits per heavy atom. The fourth-order valence-corrected chi connectivity index (χ4v) is 3.15. The van der Waals surface area contributed by atoms with E-state index < -0.39 is 19.3 Å². The van der Waals surface area contributed by atoms with Crippen molar-refractivity contribution >= 4 is 13.6 Å². The van der Waals surface area contributed by atoms with Gasteiger partial charge in [-0.2, -0.15) is 0 Å². The highest BCUT2D eigenvalue weighted by Crippen LogP contribution is 2.42. The molecule has 0 saturated heterocycles. The zero-order valence-corrected chi connectivity index (χ0v) is 16.6. The Morgan fingerprint density at radius 2 is 1.46 bits per heavy atom. The van der Waals surface area contributed by atoms with Gasteiger partial charge in [0.25, 0.3) is 0 Å². The number of rotatable bonds is 14. The molecule has 0 rings (SSSR count). The summed E-state index contributed by atoms with van der Waals surface area (Å²) in [4.78, 5) is 22.5. The van der Waals surface area contributed by atoms with Crippen LogP contribution in [0.25, 0.3) is 0 Å². The lowest BCUT2D eigenvalue weighted by atomic mass is 10.1. The minimum Gasteiger partial charge on any atom is -0.370 e. The van der Waals surface area contributed by atoms with Gasteiger partial charge in [0.15, 0.2) is 5.96 Å². The topological polar surface area (TPSA) is 108 Å². The molecule has 0 bridgehead atoms. The van der Waals surface area contributed by atoms with Gasteiger partial charge in [0.1, 0.15) is 0 Å². The normalized spacial score (nSPS) is 15.3. The first kappa shape index (κ1) is 23.4. The summed E-state index contributed by atoms with van der Waals surface area (Å²) < 4.78 is 11.2. The molecule has 0 spiro atoms. The first-order chi connectivity index (χ1) is 11.3. The highest BCUT2D eigenvalue weighted by Gasteiger charge is 2.29. The molecule has 5 N–H and O–H groups in total. The lowest BCUT2D eigenvalue weighted by Gasteiger charge is -2.22. The second-order valence-corrected chi connectivity index (χ2v) is 8.70. The minimum atomic E-state index is -4.10.